The van der Waals surface area contributed by atoms with Crippen molar-refractivity contribution in [2.45, 2.75) is 45.2 Å². The Balaban J connectivity index is 1.41. The summed E-state index contributed by atoms with van der Waals surface area (Å²) in [5.41, 5.74) is 4.70. The zero-order chi connectivity index (χ0) is 17.4. The Labute approximate surface area is 146 Å². The summed E-state index contributed by atoms with van der Waals surface area (Å²) in [5, 5.41) is 13.0. The molecule has 2 heterocycles. The maximum atomic E-state index is 12.4. The quantitative estimate of drug-likeness (QED) is 0.796. The Hall–Kier alpha value is -2.63. The van der Waals surface area contributed by atoms with Crippen LogP contribution in [0, 0.1) is 6.92 Å². The summed E-state index contributed by atoms with van der Waals surface area (Å²) in [6, 6.07) is 6.35. The van der Waals surface area contributed by atoms with E-state index in [1.165, 1.54) is 16.8 Å². The van der Waals surface area contributed by atoms with Crippen molar-refractivity contribution in [3.8, 4) is 0 Å². The molecule has 1 N–H and O–H groups in total. The van der Waals surface area contributed by atoms with Gasteiger partial charge >= 0.3 is 0 Å². The number of fused-ring (bicyclic) bond motifs is 2. The van der Waals surface area contributed by atoms with Crippen LogP contribution in [0.1, 0.15) is 42.1 Å². The summed E-state index contributed by atoms with van der Waals surface area (Å²) >= 11 is 0. The number of carbonyl (C=O) groups excluding carboxylic acids is 1. The molecule has 0 spiro atoms. The molecule has 130 valence electrons. The third-order valence-electron chi connectivity index (χ3n) is 5.06. The lowest BCUT2D eigenvalue weighted by Crippen LogP contribution is -2.31. The lowest BCUT2D eigenvalue weighted by molar-refractivity contribution is -0.122. The van der Waals surface area contributed by atoms with Gasteiger partial charge < -0.3 is 5.32 Å². The first-order valence-corrected chi connectivity index (χ1v) is 8.84. The molecule has 0 saturated heterocycles. The highest BCUT2D eigenvalue weighted by Crippen LogP contribution is 2.29. The molecule has 1 aliphatic carbocycles. The van der Waals surface area contributed by atoms with Gasteiger partial charge in [-0.1, -0.05) is 11.6 Å². The summed E-state index contributed by atoms with van der Waals surface area (Å²) in [7, 11) is 1.97. The van der Waals surface area contributed by atoms with Crippen LogP contribution in [-0.2, 0) is 24.8 Å². The number of rotatable bonds is 4. The average Bonchev–Trinajstić information content (AvgIpc) is 3.17. The third-order valence-corrected chi connectivity index (χ3v) is 5.06. The van der Waals surface area contributed by atoms with Gasteiger partial charge in [0.05, 0.1) is 30.5 Å². The van der Waals surface area contributed by atoms with Crippen molar-refractivity contribution < 1.29 is 4.79 Å². The van der Waals surface area contributed by atoms with E-state index >= 15 is 0 Å². The Morgan fingerprint density at radius 1 is 1.32 bits per heavy atom. The van der Waals surface area contributed by atoms with E-state index in [0.29, 0.717) is 13.0 Å². The SMILES string of the molecule is Cc1ccc2c(cnn2CCC(=O)N[C@@H]2CCCc3c2cnn3C)c1. The molecule has 0 aliphatic heterocycles. The lowest BCUT2D eigenvalue weighted by Gasteiger charge is -2.23. The number of nitrogens with one attached hydrogen (secondary N) is 1. The van der Waals surface area contributed by atoms with E-state index < -0.39 is 0 Å². The second-order valence-corrected chi connectivity index (χ2v) is 6.86. The fraction of sp³-hybridized carbons (Fsp3) is 0.421. The van der Waals surface area contributed by atoms with Gasteiger partial charge in [0.25, 0.3) is 0 Å². The van der Waals surface area contributed by atoms with Crippen molar-refractivity contribution in [3.63, 3.8) is 0 Å². The number of aromatic nitrogens is 4. The number of carbonyl (C=O) groups is 1. The highest BCUT2D eigenvalue weighted by atomic mass is 16.1. The Morgan fingerprint density at radius 2 is 2.20 bits per heavy atom. The highest BCUT2D eigenvalue weighted by molar-refractivity contribution is 5.80. The minimum absolute atomic E-state index is 0.0671. The van der Waals surface area contributed by atoms with E-state index in [0.717, 1.165) is 30.2 Å². The minimum Gasteiger partial charge on any atom is -0.349 e. The van der Waals surface area contributed by atoms with E-state index in [-0.39, 0.29) is 11.9 Å². The van der Waals surface area contributed by atoms with Crippen molar-refractivity contribution in [2.75, 3.05) is 0 Å². The molecular formula is C19H23N5O. The van der Waals surface area contributed by atoms with Crippen LogP contribution in [-0.4, -0.2) is 25.5 Å². The zero-order valence-electron chi connectivity index (χ0n) is 14.7. The molecule has 1 aromatic carbocycles. The summed E-state index contributed by atoms with van der Waals surface area (Å²) in [4.78, 5) is 12.4. The van der Waals surface area contributed by atoms with Crippen LogP contribution >= 0.6 is 0 Å². The van der Waals surface area contributed by atoms with Gasteiger partial charge in [0.15, 0.2) is 0 Å². The van der Waals surface area contributed by atoms with Crippen molar-refractivity contribution in [1.82, 2.24) is 24.9 Å². The maximum absolute atomic E-state index is 12.4. The largest absolute Gasteiger partial charge is 0.349 e. The van der Waals surface area contributed by atoms with Crippen molar-refractivity contribution in [1.29, 1.82) is 0 Å². The molecule has 6 nitrogen and oxygen atoms in total. The molecular weight excluding hydrogens is 314 g/mol. The predicted octanol–water partition coefficient (Wildman–Crippen LogP) is 2.66. The van der Waals surface area contributed by atoms with Crippen molar-refractivity contribution in [2.24, 2.45) is 7.05 Å². The number of hydrogen-bond donors (Lipinski definition) is 1. The molecule has 25 heavy (non-hydrogen) atoms. The number of aryl methyl sites for hydroxylation is 3. The second kappa shape index (κ2) is 6.35. The van der Waals surface area contributed by atoms with Gasteiger partial charge in [-0.3, -0.25) is 14.2 Å². The number of amides is 1. The van der Waals surface area contributed by atoms with Crippen LogP contribution in [0.25, 0.3) is 10.9 Å². The van der Waals surface area contributed by atoms with Gasteiger partial charge in [-0.25, -0.2) is 0 Å². The third kappa shape index (κ3) is 3.04. The topological polar surface area (TPSA) is 64.7 Å². The van der Waals surface area contributed by atoms with Gasteiger partial charge in [-0.15, -0.1) is 0 Å². The molecule has 2 aromatic heterocycles. The number of nitrogens with zero attached hydrogens (tertiary/aromatic N) is 4. The molecule has 0 fully saturated rings. The van der Waals surface area contributed by atoms with E-state index in [9.17, 15) is 4.79 Å². The average molecular weight is 337 g/mol. The normalized spacial score (nSPS) is 16.8. The predicted molar refractivity (Wildman–Crippen MR) is 96.1 cm³/mol. The van der Waals surface area contributed by atoms with Gasteiger partial charge in [0, 0.05) is 30.1 Å². The lowest BCUT2D eigenvalue weighted by atomic mass is 9.93. The smallest absolute Gasteiger partial charge is 0.222 e. The van der Waals surface area contributed by atoms with Gasteiger partial charge in [-0.2, -0.15) is 10.2 Å². The number of benzene rings is 1. The van der Waals surface area contributed by atoms with Crippen LogP contribution < -0.4 is 5.32 Å². The Morgan fingerprint density at radius 3 is 3.08 bits per heavy atom. The summed E-state index contributed by atoms with van der Waals surface area (Å²) < 4.78 is 3.83. The van der Waals surface area contributed by atoms with Crippen LogP contribution in [0.15, 0.2) is 30.6 Å². The molecule has 1 amide bonds. The first-order chi connectivity index (χ1) is 12.1. The van der Waals surface area contributed by atoms with E-state index in [2.05, 4.69) is 40.6 Å². The zero-order valence-corrected chi connectivity index (χ0v) is 14.7. The monoisotopic (exact) mass is 337 g/mol. The molecule has 3 aromatic rings. The number of hydrogen-bond acceptors (Lipinski definition) is 3. The first-order valence-electron chi connectivity index (χ1n) is 8.84. The Bertz CT molecular complexity index is 923. The van der Waals surface area contributed by atoms with Crippen LogP contribution in [0.2, 0.25) is 0 Å². The Kier molecular flexibility index (Phi) is 4.03. The van der Waals surface area contributed by atoms with Crippen molar-refractivity contribution >= 4 is 16.8 Å². The van der Waals surface area contributed by atoms with Gasteiger partial charge in [-0.05, 0) is 38.3 Å². The molecule has 0 saturated carbocycles. The molecule has 1 atom stereocenters. The van der Waals surface area contributed by atoms with Crippen LogP contribution in [0.5, 0.6) is 0 Å². The van der Waals surface area contributed by atoms with Gasteiger partial charge in [0.2, 0.25) is 5.91 Å². The second-order valence-electron chi connectivity index (χ2n) is 6.86. The minimum atomic E-state index is 0.0671. The molecule has 0 unspecified atom stereocenters. The molecule has 0 bridgehead atoms. The van der Waals surface area contributed by atoms with E-state index in [1.807, 2.05) is 28.8 Å². The van der Waals surface area contributed by atoms with E-state index in [4.69, 9.17) is 0 Å². The molecule has 0 radical (unpaired) electrons. The summed E-state index contributed by atoms with van der Waals surface area (Å²) in [6.07, 6.45) is 7.29. The van der Waals surface area contributed by atoms with Crippen LogP contribution in [0.4, 0.5) is 0 Å². The van der Waals surface area contributed by atoms with Crippen molar-refractivity contribution in [3.05, 3.63) is 47.4 Å². The summed E-state index contributed by atoms with van der Waals surface area (Å²) in [5.74, 6) is 0.0671. The van der Waals surface area contributed by atoms with Crippen LogP contribution in [0.3, 0.4) is 0 Å². The fourth-order valence-corrected chi connectivity index (χ4v) is 3.71. The van der Waals surface area contributed by atoms with E-state index in [1.54, 1.807) is 0 Å². The summed E-state index contributed by atoms with van der Waals surface area (Å²) in [6.45, 7) is 2.66. The highest BCUT2D eigenvalue weighted by Gasteiger charge is 2.24. The van der Waals surface area contributed by atoms with Gasteiger partial charge in [0.1, 0.15) is 0 Å². The fourth-order valence-electron chi connectivity index (χ4n) is 3.71. The molecule has 1 aliphatic rings. The standard InChI is InChI=1S/C19H23N5O/c1-13-6-7-17-14(10-13)11-21-24(17)9-8-19(25)22-16-4-3-5-18-15(16)12-20-23(18)2/h6-7,10-12,16H,3-5,8-9H2,1-2H3,(H,22,25)/t16-/m1/s1. The first kappa shape index (κ1) is 15.9. The molecule has 6 heteroatoms. The molecule has 4 rings (SSSR count). The maximum Gasteiger partial charge on any atom is 0.222 e.